The molecule has 0 saturated heterocycles. The molecule has 3 aliphatic rings. The third kappa shape index (κ3) is 2.69. The van der Waals surface area contributed by atoms with E-state index >= 15 is 0 Å². The van der Waals surface area contributed by atoms with Crippen molar-refractivity contribution in [1.82, 2.24) is 0 Å². The van der Waals surface area contributed by atoms with E-state index < -0.39 is 16.5 Å². The van der Waals surface area contributed by atoms with Gasteiger partial charge < -0.3 is 9.29 Å². The summed E-state index contributed by atoms with van der Waals surface area (Å²) in [6, 6.07) is 4.79. The number of benzene rings is 1. The smallest absolute Gasteiger partial charge is 0.388 e. The Labute approximate surface area is 147 Å². The molecule has 0 heterocycles. The van der Waals surface area contributed by atoms with Crippen molar-refractivity contribution in [3.63, 3.8) is 0 Å². The number of carbonyl (C=O) groups is 1. The second-order valence-corrected chi connectivity index (χ2v) is 8.87. The van der Waals surface area contributed by atoms with Crippen LogP contribution in [0.15, 0.2) is 18.2 Å². The average molecular weight is 366 g/mol. The zero-order chi connectivity index (χ0) is 18.0. The highest BCUT2D eigenvalue weighted by Gasteiger charge is 2.55. The molecule has 0 bridgehead atoms. The van der Waals surface area contributed by atoms with Crippen LogP contribution in [-0.4, -0.2) is 23.9 Å². The van der Waals surface area contributed by atoms with Crippen LogP contribution in [0, 0.1) is 17.3 Å². The fourth-order valence-electron chi connectivity index (χ4n) is 5.51. The van der Waals surface area contributed by atoms with Crippen LogP contribution in [0.3, 0.4) is 0 Å². The van der Waals surface area contributed by atoms with Crippen LogP contribution < -0.4 is 4.18 Å². The van der Waals surface area contributed by atoms with Crippen LogP contribution >= 0.6 is 0 Å². The van der Waals surface area contributed by atoms with Gasteiger partial charge in [-0.1, -0.05) is 13.0 Å². The summed E-state index contributed by atoms with van der Waals surface area (Å²) in [6.45, 7) is 2.08. The zero-order valence-corrected chi connectivity index (χ0v) is 14.8. The van der Waals surface area contributed by atoms with Gasteiger partial charge in [0.05, 0.1) is 6.10 Å². The molecule has 0 spiro atoms. The minimum atomic E-state index is -4.59. The lowest BCUT2D eigenvalue weighted by Gasteiger charge is -2.49. The Bertz CT molecular complexity index is 832. The molecular weight excluding hydrogens is 344 g/mol. The second kappa shape index (κ2) is 5.53. The van der Waals surface area contributed by atoms with E-state index in [1.54, 1.807) is 6.07 Å². The Hall–Kier alpha value is -1.44. The monoisotopic (exact) mass is 366 g/mol. The van der Waals surface area contributed by atoms with E-state index in [-0.39, 0.29) is 23.0 Å². The van der Waals surface area contributed by atoms with E-state index in [2.05, 4.69) is 11.1 Å². The molecule has 2 N–H and O–H groups in total. The summed E-state index contributed by atoms with van der Waals surface area (Å²) < 4.78 is 35.2. The summed E-state index contributed by atoms with van der Waals surface area (Å²) in [5.41, 5.74) is 1.41. The molecule has 25 heavy (non-hydrogen) atoms. The van der Waals surface area contributed by atoms with Gasteiger partial charge in [-0.05, 0) is 66.7 Å². The van der Waals surface area contributed by atoms with Crippen molar-refractivity contribution >= 4 is 16.2 Å². The summed E-state index contributed by atoms with van der Waals surface area (Å²) in [5.74, 6) is 1.18. The lowest BCUT2D eigenvalue weighted by atomic mass is 9.55. The second-order valence-electron chi connectivity index (χ2n) is 7.85. The Morgan fingerprint density at radius 1 is 1.24 bits per heavy atom. The predicted molar refractivity (Wildman–Crippen MR) is 89.5 cm³/mol. The van der Waals surface area contributed by atoms with Crippen molar-refractivity contribution in [2.24, 2.45) is 17.3 Å². The van der Waals surface area contributed by atoms with E-state index in [4.69, 9.17) is 4.55 Å². The molecule has 7 heteroatoms. The summed E-state index contributed by atoms with van der Waals surface area (Å²) in [6.07, 6.45) is 3.12. The number of aliphatic hydroxyl groups excluding tert-OH is 1. The molecule has 4 rings (SSSR count). The topological polar surface area (TPSA) is 101 Å². The number of Topliss-reactive ketones (excluding diaryl/α,β-unsaturated/α-hetero) is 1. The van der Waals surface area contributed by atoms with E-state index in [0.717, 1.165) is 24.8 Å². The van der Waals surface area contributed by atoms with Crippen molar-refractivity contribution in [3.05, 3.63) is 29.3 Å². The molecule has 0 amide bonds. The van der Waals surface area contributed by atoms with E-state index in [1.807, 2.05) is 0 Å². The minimum absolute atomic E-state index is 0.00422. The van der Waals surface area contributed by atoms with Crippen molar-refractivity contribution in [3.8, 4) is 5.75 Å². The molecule has 0 aliphatic heterocycles. The highest BCUT2D eigenvalue weighted by atomic mass is 32.3. The minimum Gasteiger partial charge on any atom is -0.388 e. The fourth-order valence-corrected chi connectivity index (χ4v) is 5.86. The average Bonchev–Trinajstić information content (AvgIpc) is 2.82. The molecular formula is C18H22O6S. The molecule has 0 radical (unpaired) electrons. The number of fused-ring (bicyclic) bond motifs is 5. The third-order valence-electron chi connectivity index (χ3n) is 6.66. The van der Waals surface area contributed by atoms with Gasteiger partial charge in [0.25, 0.3) is 0 Å². The summed E-state index contributed by atoms with van der Waals surface area (Å²) in [5, 5.41) is 10.6. The molecule has 0 aromatic heterocycles. The first-order valence-corrected chi connectivity index (χ1v) is 10.1. The van der Waals surface area contributed by atoms with Gasteiger partial charge in [0.1, 0.15) is 11.5 Å². The lowest BCUT2D eigenvalue weighted by molar-refractivity contribution is -0.129. The van der Waals surface area contributed by atoms with Crippen LogP contribution in [0.4, 0.5) is 0 Å². The number of hydrogen-bond acceptors (Lipinski definition) is 5. The maximum atomic E-state index is 12.3. The van der Waals surface area contributed by atoms with Crippen LogP contribution in [0.2, 0.25) is 0 Å². The van der Waals surface area contributed by atoms with Gasteiger partial charge in [0, 0.05) is 11.8 Å². The van der Waals surface area contributed by atoms with Gasteiger partial charge >= 0.3 is 10.4 Å². The summed E-state index contributed by atoms with van der Waals surface area (Å²) in [4.78, 5) is 12.3. The van der Waals surface area contributed by atoms with Gasteiger partial charge in [0.2, 0.25) is 0 Å². The van der Waals surface area contributed by atoms with Gasteiger partial charge in [-0.3, -0.25) is 9.35 Å². The maximum Gasteiger partial charge on any atom is 0.446 e. The number of aliphatic hydroxyl groups is 1. The zero-order valence-electron chi connectivity index (χ0n) is 14.0. The summed E-state index contributed by atoms with van der Waals surface area (Å²) in [7, 11) is -4.59. The SMILES string of the molecule is C[C@]12CC[C@@H]3c4ccc(OS(=O)(=O)O)cc4C(O)C[C@H]3[C@@H]1CCC2=O. The molecule has 2 saturated carbocycles. The Morgan fingerprint density at radius 2 is 2.00 bits per heavy atom. The summed E-state index contributed by atoms with van der Waals surface area (Å²) >= 11 is 0. The Kier molecular flexibility index (Phi) is 3.76. The van der Waals surface area contributed by atoms with Gasteiger partial charge in [-0.15, -0.1) is 0 Å². The molecule has 5 atom stereocenters. The predicted octanol–water partition coefficient (Wildman–Crippen LogP) is 2.78. The quantitative estimate of drug-likeness (QED) is 0.781. The van der Waals surface area contributed by atoms with E-state index in [1.165, 1.54) is 12.1 Å². The van der Waals surface area contributed by atoms with Crippen molar-refractivity contribution in [1.29, 1.82) is 0 Å². The highest BCUT2D eigenvalue weighted by Crippen LogP contribution is 2.61. The van der Waals surface area contributed by atoms with Gasteiger partial charge in [-0.25, -0.2) is 0 Å². The van der Waals surface area contributed by atoms with Crippen molar-refractivity contribution < 1.29 is 27.1 Å². The number of carbonyl (C=O) groups excluding carboxylic acids is 1. The normalized spacial score (nSPS) is 37.2. The van der Waals surface area contributed by atoms with Gasteiger partial charge in [-0.2, -0.15) is 8.42 Å². The molecule has 6 nitrogen and oxygen atoms in total. The standard InChI is InChI=1S/C18H22O6S/c1-18-7-6-12-11-3-2-10(24-25(21,22)23)8-14(11)16(19)9-13(12)15(18)4-5-17(18)20/h2-3,8,12-13,15-16,19H,4-7,9H2,1H3,(H,21,22,23)/t12-,13-,15+,16?,18+/m1/s1. The largest absolute Gasteiger partial charge is 0.446 e. The first kappa shape index (κ1) is 17.0. The lowest BCUT2D eigenvalue weighted by Crippen LogP contribution is -2.43. The van der Waals surface area contributed by atoms with Crippen LogP contribution in [0.25, 0.3) is 0 Å². The number of hydrogen-bond donors (Lipinski definition) is 2. The Balaban J connectivity index is 1.70. The first-order valence-electron chi connectivity index (χ1n) is 8.71. The molecule has 136 valence electrons. The van der Waals surface area contributed by atoms with Crippen LogP contribution in [0.5, 0.6) is 5.75 Å². The number of ketones is 1. The first-order chi connectivity index (χ1) is 11.7. The van der Waals surface area contributed by atoms with Crippen molar-refractivity contribution in [2.75, 3.05) is 0 Å². The Morgan fingerprint density at radius 3 is 2.72 bits per heavy atom. The third-order valence-corrected chi connectivity index (χ3v) is 7.06. The molecule has 1 aromatic carbocycles. The van der Waals surface area contributed by atoms with Crippen LogP contribution in [0.1, 0.15) is 62.2 Å². The van der Waals surface area contributed by atoms with E-state index in [9.17, 15) is 18.3 Å². The van der Waals surface area contributed by atoms with Gasteiger partial charge in [0.15, 0.2) is 0 Å². The van der Waals surface area contributed by atoms with E-state index in [0.29, 0.717) is 30.1 Å². The van der Waals surface area contributed by atoms with Crippen LogP contribution in [-0.2, 0) is 15.2 Å². The maximum absolute atomic E-state index is 12.3. The molecule has 1 aromatic rings. The fraction of sp³-hybridized carbons (Fsp3) is 0.611. The van der Waals surface area contributed by atoms with Crippen molar-refractivity contribution in [2.45, 2.75) is 51.0 Å². The molecule has 3 aliphatic carbocycles. The number of rotatable bonds is 2. The molecule has 2 fully saturated rings. The highest BCUT2D eigenvalue weighted by molar-refractivity contribution is 7.81. The molecule has 1 unspecified atom stereocenters.